The highest BCUT2D eigenvalue weighted by atomic mass is 19.1. The molecule has 3 aromatic heterocycles. The number of carbonyl (C=O) groups excluding carboxylic acids is 1. The Balaban J connectivity index is 1.39. The minimum Gasteiger partial charge on any atom is -0.486 e. The van der Waals surface area contributed by atoms with Gasteiger partial charge in [0.1, 0.15) is 24.5 Å². The van der Waals surface area contributed by atoms with Gasteiger partial charge in [0, 0.05) is 11.8 Å². The number of pyridine rings is 1. The third-order valence-corrected chi connectivity index (χ3v) is 5.95. The third kappa shape index (κ3) is 3.52. The van der Waals surface area contributed by atoms with Crippen LogP contribution in [-0.2, 0) is 6.42 Å². The van der Waals surface area contributed by atoms with Crippen molar-refractivity contribution in [3.05, 3.63) is 82.2 Å². The second kappa shape index (κ2) is 8.45. The molecule has 0 saturated carbocycles. The Morgan fingerprint density at radius 1 is 1.06 bits per heavy atom. The van der Waals surface area contributed by atoms with Gasteiger partial charge in [-0.1, -0.05) is 19.1 Å². The van der Waals surface area contributed by atoms with Crippen LogP contribution in [0.2, 0.25) is 0 Å². The van der Waals surface area contributed by atoms with Crippen molar-refractivity contribution in [1.29, 1.82) is 0 Å². The number of aryl methyl sites for hydroxylation is 1. The number of hydrogen-bond acceptors (Lipinski definition) is 7. The maximum atomic E-state index is 13.5. The van der Waals surface area contributed by atoms with Crippen LogP contribution in [0.25, 0.3) is 27.8 Å². The zero-order chi connectivity index (χ0) is 24.8. The van der Waals surface area contributed by atoms with Crippen molar-refractivity contribution in [3.8, 4) is 22.6 Å². The van der Waals surface area contributed by atoms with Crippen LogP contribution in [-0.4, -0.2) is 43.6 Å². The molecule has 0 bridgehead atoms. The first-order chi connectivity index (χ1) is 17.5. The molecular weight excluding hydrogens is 467 g/mol. The van der Waals surface area contributed by atoms with Gasteiger partial charge in [-0.25, -0.2) is 13.6 Å². The van der Waals surface area contributed by atoms with E-state index in [1.54, 1.807) is 40.9 Å². The smallest absolute Gasteiger partial charge is 0.299 e. The van der Waals surface area contributed by atoms with Crippen LogP contribution in [0.15, 0.2) is 59.5 Å². The van der Waals surface area contributed by atoms with Crippen LogP contribution in [0.4, 0.5) is 4.39 Å². The Morgan fingerprint density at radius 2 is 1.83 bits per heavy atom. The lowest BCUT2D eigenvalue weighted by Crippen LogP contribution is -2.33. The van der Waals surface area contributed by atoms with Crippen LogP contribution in [0.5, 0.6) is 11.5 Å². The average molecular weight is 486 g/mol. The van der Waals surface area contributed by atoms with Crippen molar-refractivity contribution in [2.24, 2.45) is 0 Å². The lowest BCUT2D eigenvalue weighted by atomic mass is 10.0. The van der Waals surface area contributed by atoms with Crippen molar-refractivity contribution in [3.63, 3.8) is 0 Å². The van der Waals surface area contributed by atoms with Gasteiger partial charge in [0.25, 0.3) is 11.5 Å². The first-order valence-electron chi connectivity index (χ1n) is 11.3. The molecule has 11 heteroatoms. The van der Waals surface area contributed by atoms with Gasteiger partial charge < -0.3 is 9.47 Å². The topological polar surface area (TPSA) is 113 Å². The third-order valence-electron chi connectivity index (χ3n) is 5.95. The molecule has 0 spiro atoms. The predicted octanol–water partition coefficient (Wildman–Crippen LogP) is 2.96. The number of hydrogen-bond donors (Lipinski definition) is 1. The van der Waals surface area contributed by atoms with Gasteiger partial charge in [0.15, 0.2) is 22.7 Å². The molecule has 0 aliphatic carbocycles. The van der Waals surface area contributed by atoms with Gasteiger partial charge in [0.2, 0.25) is 0 Å². The van der Waals surface area contributed by atoms with Crippen LogP contribution >= 0.6 is 0 Å². The fraction of sp³-hybridized carbons (Fsp3) is 0.160. The number of rotatable bonds is 4. The lowest BCUT2D eigenvalue weighted by Gasteiger charge is -2.18. The van der Waals surface area contributed by atoms with E-state index in [1.165, 1.54) is 18.3 Å². The standard InChI is InChI=1S/C25H19FN6O4/c1-2-17-21(14-3-6-16(26)7-4-14)23-28-27-22-18(32(23)29-17)9-10-31(25(22)34)30-24(33)15-5-8-19-20(13-15)36-12-11-35-19/h3-10,13H,2,11-12H2,1H3,(H,30,33). The highest BCUT2D eigenvalue weighted by Gasteiger charge is 2.20. The van der Waals surface area contributed by atoms with Gasteiger partial charge in [-0.15, -0.1) is 10.2 Å². The van der Waals surface area contributed by atoms with E-state index in [9.17, 15) is 14.0 Å². The second-order valence-corrected chi connectivity index (χ2v) is 8.14. The zero-order valence-corrected chi connectivity index (χ0v) is 19.1. The molecule has 0 radical (unpaired) electrons. The maximum absolute atomic E-state index is 13.5. The molecule has 0 unspecified atom stereocenters. The highest BCUT2D eigenvalue weighted by Crippen LogP contribution is 2.31. The van der Waals surface area contributed by atoms with Crippen molar-refractivity contribution in [2.45, 2.75) is 13.3 Å². The molecule has 2 aromatic carbocycles. The predicted molar refractivity (Wildman–Crippen MR) is 128 cm³/mol. The first-order valence-corrected chi connectivity index (χ1v) is 11.3. The molecule has 180 valence electrons. The Labute approximate surface area is 202 Å². The number of amides is 1. The molecule has 0 saturated heterocycles. The quantitative estimate of drug-likeness (QED) is 0.416. The summed E-state index contributed by atoms with van der Waals surface area (Å²) in [4.78, 5) is 26.0. The summed E-state index contributed by atoms with van der Waals surface area (Å²) < 4.78 is 27.1. The van der Waals surface area contributed by atoms with Gasteiger partial charge in [0.05, 0.1) is 11.3 Å². The van der Waals surface area contributed by atoms with E-state index in [4.69, 9.17) is 9.47 Å². The van der Waals surface area contributed by atoms with E-state index in [1.807, 2.05) is 6.92 Å². The van der Waals surface area contributed by atoms with Gasteiger partial charge in [-0.05, 0) is 48.4 Å². The molecule has 1 amide bonds. The Hall–Kier alpha value is -4.80. The Bertz CT molecular complexity index is 1710. The Morgan fingerprint density at radius 3 is 2.61 bits per heavy atom. The van der Waals surface area contributed by atoms with Gasteiger partial charge >= 0.3 is 0 Å². The van der Waals surface area contributed by atoms with Crippen molar-refractivity contribution in [1.82, 2.24) is 24.5 Å². The van der Waals surface area contributed by atoms with Crippen LogP contribution in [0, 0.1) is 5.82 Å². The summed E-state index contributed by atoms with van der Waals surface area (Å²) in [5, 5.41) is 13.1. The van der Waals surface area contributed by atoms with E-state index in [0.717, 1.165) is 21.5 Å². The molecule has 1 aliphatic heterocycles. The van der Waals surface area contributed by atoms with Crippen molar-refractivity contribution >= 4 is 22.6 Å². The average Bonchev–Trinajstić information content (AvgIpc) is 3.29. The fourth-order valence-corrected chi connectivity index (χ4v) is 4.20. The molecule has 0 atom stereocenters. The molecule has 6 rings (SSSR count). The van der Waals surface area contributed by atoms with Crippen LogP contribution in [0.3, 0.4) is 0 Å². The fourth-order valence-electron chi connectivity index (χ4n) is 4.20. The minimum absolute atomic E-state index is 0.0308. The number of aromatic nitrogens is 5. The summed E-state index contributed by atoms with van der Waals surface area (Å²) in [6.07, 6.45) is 2.03. The molecule has 4 heterocycles. The van der Waals surface area contributed by atoms with E-state index in [2.05, 4.69) is 20.7 Å². The monoisotopic (exact) mass is 486 g/mol. The number of nitrogens with one attached hydrogen (secondary N) is 1. The summed E-state index contributed by atoms with van der Waals surface area (Å²) in [5.41, 5.74) is 5.42. The van der Waals surface area contributed by atoms with Crippen molar-refractivity contribution < 1.29 is 18.7 Å². The number of nitrogens with zero attached hydrogens (tertiary/aromatic N) is 5. The zero-order valence-electron chi connectivity index (χ0n) is 19.1. The van der Waals surface area contributed by atoms with E-state index in [0.29, 0.717) is 47.9 Å². The summed E-state index contributed by atoms with van der Waals surface area (Å²) in [6, 6.07) is 12.5. The SMILES string of the molecule is CCc1nn2c(nnc3c(=O)n(NC(=O)c4ccc5c(c4)OCCO5)ccc32)c1-c1ccc(F)cc1. The highest BCUT2D eigenvalue weighted by molar-refractivity contribution is 6.00. The van der Waals surface area contributed by atoms with Gasteiger partial charge in [-0.3, -0.25) is 15.0 Å². The largest absolute Gasteiger partial charge is 0.486 e. The van der Waals surface area contributed by atoms with Crippen LogP contribution < -0.4 is 20.5 Å². The summed E-state index contributed by atoms with van der Waals surface area (Å²) in [7, 11) is 0. The second-order valence-electron chi connectivity index (χ2n) is 8.14. The van der Waals surface area contributed by atoms with Crippen LogP contribution in [0.1, 0.15) is 23.0 Å². The minimum atomic E-state index is -0.565. The summed E-state index contributed by atoms with van der Waals surface area (Å²) in [5.74, 6) is 0.179. The number of halogens is 1. The first kappa shape index (κ1) is 21.7. The molecule has 10 nitrogen and oxygen atoms in total. The lowest BCUT2D eigenvalue weighted by molar-refractivity contribution is 0.101. The molecular formula is C25H19FN6O4. The number of carbonyl (C=O) groups is 1. The molecule has 0 fully saturated rings. The van der Waals surface area contributed by atoms with Crippen molar-refractivity contribution in [2.75, 3.05) is 18.6 Å². The number of ether oxygens (including phenoxy) is 2. The summed E-state index contributed by atoms with van der Waals surface area (Å²) >= 11 is 0. The molecule has 36 heavy (non-hydrogen) atoms. The van der Waals surface area contributed by atoms with E-state index >= 15 is 0 Å². The van der Waals surface area contributed by atoms with Gasteiger partial charge in [-0.2, -0.15) is 5.10 Å². The molecule has 5 aromatic rings. The maximum Gasteiger partial charge on any atom is 0.299 e. The molecule has 1 aliphatic rings. The van der Waals surface area contributed by atoms with E-state index < -0.39 is 11.5 Å². The summed E-state index contributed by atoms with van der Waals surface area (Å²) in [6.45, 7) is 2.79. The number of benzene rings is 2. The normalized spacial score (nSPS) is 12.7. The Kier molecular flexibility index (Phi) is 5.10. The number of fused-ring (bicyclic) bond motifs is 4. The molecule has 1 N–H and O–H groups in total. The van der Waals surface area contributed by atoms with E-state index in [-0.39, 0.29) is 11.3 Å².